The van der Waals surface area contributed by atoms with E-state index in [2.05, 4.69) is 10.3 Å². The first-order valence-corrected chi connectivity index (χ1v) is 11.2. The molecule has 0 aliphatic rings. The van der Waals surface area contributed by atoms with Crippen LogP contribution in [0.25, 0.3) is 10.9 Å². The van der Waals surface area contributed by atoms with Gasteiger partial charge in [0.15, 0.2) is 0 Å². The Balaban J connectivity index is 1.87. The zero-order chi connectivity index (χ0) is 24.1. The smallest absolute Gasteiger partial charge is 0.338 e. The van der Waals surface area contributed by atoms with Crippen molar-refractivity contribution in [3.63, 3.8) is 0 Å². The first kappa shape index (κ1) is 24.3. The molecule has 1 heterocycles. The van der Waals surface area contributed by atoms with Gasteiger partial charge in [0.05, 0.1) is 29.1 Å². The number of rotatable bonds is 7. The second-order valence-electron chi connectivity index (χ2n) is 7.37. The zero-order valence-electron chi connectivity index (χ0n) is 19.1. The Labute approximate surface area is 197 Å². The molecule has 0 saturated carbocycles. The molecular weight excluding hydrogens is 444 g/mol. The van der Waals surface area contributed by atoms with E-state index in [4.69, 9.17) is 16.3 Å². The summed E-state index contributed by atoms with van der Waals surface area (Å²) in [5.74, 6) is 0.0763. The van der Waals surface area contributed by atoms with Crippen LogP contribution in [-0.2, 0) is 11.3 Å². The summed E-state index contributed by atoms with van der Waals surface area (Å²) >= 11 is 6.06. The maximum Gasteiger partial charge on any atom is 0.338 e. The maximum atomic E-state index is 13.1. The molecule has 0 aliphatic carbocycles. The van der Waals surface area contributed by atoms with E-state index >= 15 is 0 Å². The van der Waals surface area contributed by atoms with Crippen LogP contribution in [0.15, 0.2) is 47.3 Å². The van der Waals surface area contributed by atoms with Crippen molar-refractivity contribution in [2.45, 2.75) is 40.3 Å². The number of nitrogens with zero attached hydrogens (tertiary/aromatic N) is 3. The van der Waals surface area contributed by atoms with Crippen molar-refractivity contribution in [1.29, 1.82) is 0 Å². The monoisotopic (exact) mass is 470 g/mol. The second kappa shape index (κ2) is 10.5. The van der Waals surface area contributed by atoms with E-state index in [1.54, 1.807) is 58.9 Å². The fraction of sp³-hybridized carbons (Fsp3) is 0.333. The SMILES string of the molecule is CCOC(=O)c1ccc(NC(=O)N(CC)C(C)c2nc3ccc(Cl)cc3c(=O)n2CC)cc1. The molecule has 2 aromatic carbocycles. The molecule has 1 aromatic heterocycles. The molecule has 0 spiro atoms. The molecule has 0 fully saturated rings. The number of fused-ring (bicyclic) bond motifs is 1. The van der Waals surface area contributed by atoms with E-state index in [0.29, 0.717) is 52.7 Å². The molecule has 8 nitrogen and oxygen atoms in total. The lowest BCUT2D eigenvalue weighted by molar-refractivity contribution is 0.0526. The van der Waals surface area contributed by atoms with Crippen molar-refractivity contribution in [1.82, 2.24) is 14.5 Å². The van der Waals surface area contributed by atoms with E-state index in [9.17, 15) is 14.4 Å². The number of esters is 1. The number of nitrogens with one attached hydrogen (secondary N) is 1. The summed E-state index contributed by atoms with van der Waals surface area (Å²) in [6.45, 7) is 8.38. The number of anilines is 1. The molecule has 3 rings (SSSR count). The minimum atomic E-state index is -0.471. The number of ether oxygens (including phenoxy) is 1. The first-order valence-electron chi connectivity index (χ1n) is 10.8. The minimum Gasteiger partial charge on any atom is -0.462 e. The van der Waals surface area contributed by atoms with E-state index in [1.165, 1.54) is 0 Å². The van der Waals surface area contributed by atoms with Gasteiger partial charge in [0, 0.05) is 23.8 Å². The molecule has 3 aromatic rings. The number of hydrogen-bond donors (Lipinski definition) is 1. The number of amides is 2. The summed E-state index contributed by atoms with van der Waals surface area (Å²) in [5, 5.41) is 3.75. The standard InChI is InChI=1S/C24H27ClN4O4/c1-5-28(24(32)26-18-11-8-16(9-12-18)23(31)33-7-3)15(4)21-27-20-13-10-17(25)14-19(20)22(30)29(21)6-2/h8-15H,5-7H2,1-4H3,(H,26,32). The van der Waals surface area contributed by atoms with Crippen molar-refractivity contribution in [3.8, 4) is 0 Å². The molecule has 1 atom stereocenters. The Hall–Kier alpha value is -3.39. The van der Waals surface area contributed by atoms with Crippen molar-refractivity contribution < 1.29 is 14.3 Å². The molecule has 0 saturated heterocycles. The zero-order valence-corrected chi connectivity index (χ0v) is 19.8. The van der Waals surface area contributed by atoms with Gasteiger partial charge < -0.3 is 15.0 Å². The Morgan fingerprint density at radius 1 is 1.15 bits per heavy atom. The van der Waals surface area contributed by atoms with Crippen molar-refractivity contribution >= 4 is 40.2 Å². The average molecular weight is 471 g/mol. The summed E-state index contributed by atoms with van der Waals surface area (Å²) in [4.78, 5) is 44.2. The van der Waals surface area contributed by atoms with Crippen LogP contribution in [0.1, 0.15) is 49.9 Å². The fourth-order valence-corrected chi connectivity index (χ4v) is 3.84. The summed E-state index contributed by atoms with van der Waals surface area (Å²) in [6.07, 6.45) is 0. The Bertz CT molecular complexity index is 1220. The Morgan fingerprint density at radius 3 is 2.45 bits per heavy atom. The van der Waals surface area contributed by atoms with E-state index in [0.717, 1.165) is 0 Å². The molecule has 0 aliphatic heterocycles. The van der Waals surface area contributed by atoms with Crippen LogP contribution in [0.4, 0.5) is 10.5 Å². The van der Waals surface area contributed by atoms with Gasteiger partial charge in [0.25, 0.3) is 5.56 Å². The largest absolute Gasteiger partial charge is 0.462 e. The van der Waals surface area contributed by atoms with Crippen LogP contribution in [-0.4, -0.2) is 39.6 Å². The molecule has 1 unspecified atom stereocenters. The topological polar surface area (TPSA) is 93.5 Å². The summed E-state index contributed by atoms with van der Waals surface area (Å²) in [7, 11) is 0. The number of carbonyl (C=O) groups is 2. The quantitative estimate of drug-likeness (QED) is 0.497. The van der Waals surface area contributed by atoms with Crippen LogP contribution >= 0.6 is 11.6 Å². The van der Waals surface area contributed by atoms with Crippen molar-refractivity contribution in [2.24, 2.45) is 0 Å². The van der Waals surface area contributed by atoms with Crippen LogP contribution in [0.5, 0.6) is 0 Å². The predicted molar refractivity (Wildman–Crippen MR) is 129 cm³/mol. The maximum absolute atomic E-state index is 13.1. The van der Waals surface area contributed by atoms with Gasteiger partial charge in [-0.15, -0.1) is 0 Å². The lowest BCUT2D eigenvalue weighted by Gasteiger charge is -2.29. The molecular formula is C24H27ClN4O4. The third-order valence-corrected chi connectivity index (χ3v) is 5.59. The third kappa shape index (κ3) is 5.17. The number of halogens is 1. The van der Waals surface area contributed by atoms with Gasteiger partial charge in [-0.1, -0.05) is 11.6 Å². The number of benzene rings is 2. The van der Waals surface area contributed by atoms with Gasteiger partial charge in [-0.3, -0.25) is 9.36 Å². The van der Waals surface area contributed by atoms with E-state index in [1.807, 2.05) is 20.8 Å². The van der Waals surface area contributed by atoms with Crippen LogP contribution in [0.2, 0.25) is 5.02 Å². The van der Waals surface area contributed by atoms with Crippen LogP contribution < -0.4 is 10.9 Å². The lowest BCUT2D eigenvalue weighted by Crippen LogP contribution is -2.40. The van der Waals surface area contributed by atoms with Crippen LogP contribution in [0, 0.1) is 0 Å². The highest BCUT2D eigenvalue weighted by Gasteiger charge is 2.25. The van der Waals surface area contributed by atoms with Gasteiger partial charge in [-0.25, -0.2) is 14.6 Å². The lowest BCUT2D eigenvalue weighted by atomic mass is 10.2. The van der Waals surface area contributed by atoms with Gasteiger partial charge in [0.2, 0.25) is 0 Å². The highest BCUT2D eigenvalue weighted by molar-refractivity contribution is 6.31. The first-order chi connectivity index (χ1) is 15.8. The molecule has 0 bridgehead atoms. The van der Waals surface area contributed by atoms with Crippen LogP contribution in [0.3, 0.4) is 0 Å². The Kier molecular flexibility index (Phi) is 7.71. The molecule has 9 heteroatoms. The van der Waals surface area contributed by atoms with Gasteiger partial charge in [0.1, 0.15) is 5.82 Å². The average Bonchev–Trinajstić information content (AvgIpc) is 2.80. The predicted octanol–water partition coefficient (Wildman–Crippen LogP) is 4.86. The second-order valence-corrected chi connectivity index (χ2v) is 7.81. The summed E-state index contributed by atoms with van der Waals surface area (Å²) < 4.78 is 6.54. The summed E-state index contributed by atoms with van der Waals surface area (Å²) in [6, 6.07) is 10.7. The molecule has 2 amide bonds. The van der Waals surface area contributed by atoms with E-state index in [-0.39, 0.29) is 11.6 Å². The molecule has 0 radical (unpaired) electrons. The van der Waals surface area contributed by atoms with Gasteiger partial charge in [-0.05, 0) is 70.2 Å². The number of urea groups is 1. The number of carbonyl (C=O) groups excluding carboxylic acids is 2. The van der Waals surface area contributed by atoms with E-state index < -0.39 is 12.0 Å². The molecule has 174 valence electrons. The highest BCUT2D eigenvalue weighted by Crippen LogP contribution is 2.23. The fourth-order valence-electron chi connectivity index (χ4n) is 3.67. The summed E-state index contributed by atoms with van der Waals surface area (Å²) in [5.41, 5.74) is 1.27. The number of hydrogen-bond acceptors (Lipinski definition) is 5. The Morgan fingerprint density at radius 2 is 1.85 bits per heavy atom. The van der Waals surface area contributed by atoms with Crippen molar-refractivity contribution in [3.05, 3.63) is 69.2 Å². The van der Waals surface area contributed by atoms with Gasteiger partial charge in [-0.2, -0.15) is 0 Å². The normalized spacial score (nSPS) is 11.8. The third-order valence-electron chi connectivity index (χ3n) is 5.35. The number of aromatic nitrogens is 2. The molecule has 1 N–H and O–H groups in total. The molecule has 33 heavy (non-hydrogen) atoms. The highest BCUT2D eigenvalue weighted by atomic mass is 35.5. The van der Waals surface area contributed by atoms with Crippen molar-refractivity contribution in [2.75, 3.05) is 18.5 Å². The minimum absolute atomic E-state index is 0.196. The van der Waals surface area contributed by atoms with Gasteiger partial charge >= 0.3 is 12.0 Å².